The molecule has 0 amide bonds. The Labute approximate surface area is 104 Å². The maximum absolute atomic E-state index is 11.5. The molecule has 0 saturated carbocycles. The topological polar surface area (TPSA) is 85.2 Å². The lowest BCUT2D eigenvalue weighted by atomic mass is 10.0. The normalized spacial score (nSPS) is 10.9. The fourth-order valence-electron chi connectivity index (χ4n) is 1.43. The molecule has 0 aromatic heterocycles. The zero-order valence-electron chi connectivity index (χ0n) is 10.0. The summed E-state index contributed by atoms with van der Waals surface area (Å²) in [6.45, 7) is 0. The van der Waals surface area contributed by atoms with Crippen molar-refractivity contribution < 1.29 is 24.3 Å². The largest absolute Gasteiger partial charge is 0.465 e. The molecule has 6 nitrogen and oxygen atoms in total. The van der Waals surface area contributed by atoms with Crippen LogP contribution in [0.15, 0.2) is 29.4 Å². The number of nitrogens with zero attached hydrogens (tertiary/aromatic N) is 1. The second-order valence-corrected chi connectivity index (χ2v) is 3.36. The first kappa shape index (κ1) is 13.7. The van der Waals surface area contributed by atoms with Crippen molar-refractivity contribution >= 4 is 17.7 Å². The summed E-state index contributed by atoms with van der Waals surface area (Å²) in [6, 6.07) is 6.57. The third-order valence-corrected chi connectivity index (χ3v) is 2.32. The summed E-state index contributed by atoms with van der Waals surface area (Å²) in [6.07, 6.45) is -0.0194. The van der Waals surface area contributed by atoms with Crippen molar-refractivity contribution in [3.63, 3.8) is 0 Å². The molecule has 0 bridgehead atoms. The summed E-state index contributed by atoms with van der Waals surface area (Å²) in [5, 5.41) is 11.6. The molecule has 18 heavy (non-hydrogen) atoms. The van der Waals surface area contributed by atoms with Crippen LogP contribution in [0.1, 0.15) is 15.9 Å². The highest BCUT2D eigenvalue weighted by molar-refractivity contribution is 6.36. The predicted molar refractivity (Wildman–Crippen MR) is 62.7 cm³/mol. The van der Waals surface area contributed by atoms with Gasteiger partial charge in [-0.15, -0.1) is 0 Å². The second-order valence-electron chi connectivity index (χ2n) is 3.36. The van der Waals surface area contributed by atoms with Gasteiger partial charge in [0.2, 0.25) is 0 Å². The summed E-state index contributed by atoms with van der Waals surface area (Å²) < 4.78 is 9.08. The molecule has 0 fully saturated rings. The number of rotatable bonds is 4. The first-order valence-electron chi connectivity index (χ1n) is 5.09. The minimum atomic E-state index is -0.753. The predicted octanol–water partition coefficient (Wildman–Crippen LogP) is 1.02. The van der Waals surface area contributed by atoms with Crippen LogP contribution in [0.3, 0.4) is 0 Å². The number of hydrogen-bond acceptors (Lipinski definition) is 6. The maximum Gasteiger partial charge on any atom is 0.356 e. The Bertz CT molecular complexity index is 481. The van der Waals surface area contributed by atoms with E-state index in [-0.39, 0.29) is 12.1 Å². The fraction of sp³-hybridized carbons (Fsp3) is 0.250. The van der Waals surface area contributed by atoms with Crippen LogP contribution in [-0.4, -0.2) is 37.1 Å². The van der Waals surface area contributed by atoms with E-state index >= 15 is 0 Å². The molecule has 0 aliphatic heterocycles. The number of carbonyl (C=O) groups is 2. The van der Waals surface area contributed by atoms with Crippen LogP contribution in [0.4, 0.5) is 0 Å². The van der Waals surface area contributed by atoms with E-state index in [0.717, 1.165) is 0 Å². The van der Waals surface area contributed by atoms with E-state index in [1.165, 1.54) is 14.2 Å². The minimum absolute atomic E-state index is 0.0194. The zero-order chi connectivity index (χ0) is 13.5. The van der Waals surface area contributed by atoms with Crippen molar-refractivity contribution in [2.75, 3.05) is 14.2 Å². The molecule has 1 aromatic carbocycles. The van der Waals surface area contributed by atoms with Gasteiger partial charge in [0, 0.05) is 6.42 Å². The van der Waals surface area contributed by atoms with Crippen molar-refractivity contribution in [2.24, 2.45) is 5.16 Å². The Morgan fingerprint density at radius 3 is 2.44 bits per heavy atom. The molecule has 1 aromatic rings. The Hall–Kier alpha value is -2.37. The van der Waals surface area contributed by atoms with Crippen molar-refractivity contribution in [3.05, 3.63) is 35.4 Å². The first-order valence-corrected chi connectivity index (χ1v) is 5.09. The van der Waals surface area contributed by atoms with Gasteiger partial charge < -0.3 is 14.7 Å². The molecule has 1 rings (SSSR count). The van der Waals surface area contributed by atoms with Gasteiger partial charge in [-0.2, -0.15) is 0 Å². The fourth-order valence-corrected chi connectivity index (χ4v) is 1.43. The second kappa shape index (κ2) is 6.39. The molecule has 0 saturated heterocycles. The third kappa shape index (κ3) is 3.07. The molecule has 96 valence electrons. The molecular weight excluding hydrogens is 238 g/mol. The number of ether oxygens (including phenoxy) is 2. The van der Waals surface area contributed by atoms with Crippen LogP contribution in [0.25, 0.3) is 0 Å². The molecule has 0 aliphatic rings. The van der Waals surface area contributed by atoms with Crippen molar-refractivity contribution in [1.82, 2.24) is 0 Å². The Balaban J connectivity index is 3.04. The summed E-state index contributed by atoms with van der Waals surface area (Å²) in [7, 11) is 2.44. The number of methoxy groups -OCH3 is 2. The Kier molecular flexibility index (Phi) is 4.86. The lowest BCUT2D eigenvalue weighted by Crippen LogP contribution is -2.20. The summed E-state index contributed by atoms with van der Waals surface area (Å²) in [5.74, 6) is -1.27. The van der Waals surface area contributed by atoms with Crippen LogP contribution in [0.2, 0.25) is 0 Å². The van der Waals surface area contributed by atoms with Crippen LogP contribution >= 0.6 is 0 Å². The highest BCUT2D eigenvalue weighted by Gasteiger charge is 2.18. The number of benzene rings is 1. The van der Waals surface area contributed by atoms with Crippen molar-refractivity contribution in [1.29, 1.82) is 0 Å². The molecule has 1 N–H and O–H groups in total. The standard InChI is InChI=1S/C12H13NO5/c1-17-11(14)9-6-4-3-5-8(9)7-10(13-16)12(15)18-2/h3-6,16H,7H2,1-2H3/b13-10-. The van der Waals surface area contributed by atoms with Crippen LogP contribution in [0.5, 0.6) is 0 Å². The average Bonchev–Trinajstić information content (AvgIpc) is 2.43. The van der Waals surface area contributed by atoms with E-state index in [9.17, 15) is 9.59 Å². The minimum Gasteiger partial charge on any atom is -0.465 e. The highest BCUT2D eigenvalue weighted by Crippen LogP contribution is 2.12. The van der Waals surface area contributed by atoms with Gasteiger partial charge in [-0.1, -0.05) is 23.4 Å². The Morgan fingerprint density at radius 2 is 1.89 bits per heavy atom. The van der Waals surface area contributed by atoms with Gasteiger partial charge in [0.05, 0.1) is 19.8 Å². The molecule has 0 unspecified atom stereocenters. The molecule has 6 heteroatoms. The third-order valence-electron chi connectivity index (χ3n) is 2.32. The molecule has 0 heterocycles. The Morgan fingerprint density at radius 1 is 1.22 bits per heavy atom. The van der Waals surface area contributed by atoms with E-state index in [2.05, 4.69) is 14.6 Å². The van der Waals surface area contributed by atoms with E-state index in [1.807, 2.05) is 0 Å². The number of oxime groups is 1. The SMILES string of the molecule is COC(=O)/C(Cc1ccccc1C(=O)OC)=N\O. The zero-order valence-corrected chi connectivity index (χ0v) is 10.0. The summed E-state index contributed by atoms with van der Waals surface area (Å²) >= 11 is 0. The average molecular weight is 251 g/mol. The van der Waals surface area contributed by atoms with E-state index in [0.29, 0.717) is 11.1 Å². The van der Waals surface area contributed by atoms with Gasteiger partial charge in [0.1, 0.15) is 0 Å². The van der Waals surface area contributed by atoms with Crippen LogP contribution < -0.4 is 0 Å². The van der Waals surface area contributed by atoms with Gasteiger partial charge >= 0.3 is 11.9 Å². The molecule has 0 aliphatic carbocycles. The first-order chi connectivity index (χ1) is 8.63. The lowest BCUT2D eigenvalue weighted by molar-refractivity contribution is -0.133. The monoisotopic (exact) mass is 251 g/mol. The van der Waals surface area contributed by atoms with Gasteiger partial charge in [-0.05, 0) is 11.6 Å². The van der Waals surface area contributed by atoms with Crippen molar-refractivity contribution in [3.8, 4) is 0 Å². The van der Waals surface area contributed by atoms with Gasteiger partial charge in [0.15, 0.2) is 5.71 Å². The quantitative estimate of drug-likeness (QED) is 0.373. The smallest absolute Gasteiger partial charge is 0.356 e. The number of esters is 2. The number of carbonyl (C=O) groups excluding carboxylic acids is 2. The van der Waals surface area contributed by atoms with Gasteiger partial charge in [-0.25, -0.2) is 9.59 Å². The summed E-state index contributed by atoms with van der Waals surface area (Å²) in [5.41, 5.74) is 0.640. The lowest BCUT2D eigenvalue weighted by Gasteiger charge is -2.07. The highest BCUT2D eigenvalue weighted by atomic mass is 16.5. The van der Waals surface area contributed by atoms with E-state index in [1.54, 1.807) is 24.3 Å². The maximum atomic E-state index is 11.5. The van der Waals surface area contributed by atoms with Crippen LogP contribution in [-0.2, 0) is 20.7 Å². The molecular formula is C12H13NO5. The number of hydrogen-bond donors (Lipinski definition) is 1. The van der Waals surface area contributed by atoms with Gasteiger partial charge in [-0.3, -0.25) is 0 Å². The van der Waals surface area contributed by atoms with Crippen LogP contribution in [0, 0.1) is 0 Å². The van der Waals surface area contributed by atoms with E-state index in [4.69, 9.17) is 5.21 Å². The molecule has 0 spiro atoms. The summed E-state index contributed by atoms with van der Waals surface area (Å²) in [4.78, 5) is 22.8. The van der Waals surface area contributed by atoms with Crippen molar-refractivity contribution in [2.45, 2.75) is 6.42 Å². The molecule has 0 atom stereocenters. The van der Waals surface area contributed by atoms with Gasteiger partial charge in [0.25, 0.3) is 0 Å². The molecule has 0 radical (unpaired) electrons. The van der Waals surface area contributed by atoms with E-state index < -0.39 is 11.9 Å².